The molecular formula is C14H18Cl2FNO. The highest BCUT2D eigenvalue weighted by molar-refractivity contribution is 6.42. The van der Waals surface area contributed by atoms with Gasteiger partial charge in [0.1, 0.15) is 5.60 Å². The van der Waals surface area contributed by atoms with E-state index in [1.54, 1.807) is 25.2 Å². The zero-order chi connectivity index (χ0) is 14.1. The van der Waals surface area contributed by atoms with Crippen LogP contribution in [0, 0.1) is 0 Å². The van der Waals surface area contributed by atoms with Crippen LogP contribution >= 0.6 is 23.2 Å². The lowest BCUT2D eigenvalue weighted by Gasteiger charge is -2.45. The van der Waals surface area contributed by atoms with E-state index in [0.29, 0.717) is 28.5 Å². The molecule has 0 saturated heterocycles. The monoisotopic (exact) mass is 305 g/mol. The second kappa shape index (κ2) is 5.57. The highest BCUT2D eigenvalue weighted by Crippen LogP contribution is 2.47. The second-order valence-corrected chi connectivity index (χ2v) is 6.01. The van der Waals surface area contributed by atoms with E-state index < -0.39 is 11.3 Å². The van der Waals surface area contributed by atoms with Gasteiger partial charge in [-0.05, 0) is 50.4 Å². The molecule has 1 aromatic carbocycles. The minimum atomic E-state index is -1.68. The van der Waals surface area contributed by atoms with Crippen LogP contribution in [0.5, 0.6) is 0 Å². The van der Waals surface area contributed by atoms with Gasteiger partial charge in [0, 0.05) is 6.54 Å². The van der Waals surface area contributed by atoms with Gasteiger partial charge in [-0.3, -0.25) is 0 Å². The van der Waals surface area contributed by atoms with Gasteiger partial charge in [0.15, 0.2) is 5.67 Å². The first-order valence-electron chi connectivity index (χ1n) is 6.44. The molecule has 0 heterocycles. The topological polar surface area (TPSA) is 32.3 Å². The Morgan fingerprint density at radius 2 is 1.95 bits per heavy atom. The Morgan fingerprint density at radius 1 is 1.26 bits per heavy atom. The molecule has 0 spiro atoms. The molecule has 0 bridgehead atoms. The van der Waals surface area contributed by atoms with Crippen molar-refractivity contribution in [2.75, 3.05) is 13.6 Å². The molecule has 1 aliphatic rings. The van der Waals surface area contributed by atoms with Crippen molar-refractivity contribution >= 4 is 23.2 Å². The van der Waals surface area contributed by atoms with Gasteiger partial charge in [-0.25, -0.2) is 4.39 Å². The van der Waals surface area contributed by atoms with Crippen LogP contribution in [-0.4, -0.2) is 24.4 Å². The Labute approximate surface area is 122 Å². The van der Waals surface area contributed by atoms with Gasteiger partial charge in [0.25, 0.3) is 0 Å². The van der Waals surface area contributed by atoms with Crippen molar-refractivity contribution < 1.29 is 9.50 Å². The molecule has 0 radical (unpaired) electrons. The summed E-state index contributed by atoms with van der Waals surface area (Å²) >= 11 is 11.9. The molecule has 0 amide bonds. The third-order valence-electron chi connectivity index (χ3n) is 3.96. The summed E-state index contributed by atoms with van der Waals surface area (Å²) in [5, 5.41) is 14.5. The number of hydrogen-bond acceptors (Lipinski definition) is 2. The van der Waals surface area contributed by atoms with E-state index in [1.165, 1.54) is 0 Å². The fourth-order valence-electron chi connectivity index (χ4n) is 2.89. The number of benzene rings is 1. The summed E-state index contributed by atoms with van der Waals surface area (Å²) in [5.74, 6) is 0. The summed E-state index contributed by atoms with van der Waals surface area (Å²) in [6, 6.07) is 4.83. The first kappa shape index (κ1) is 15.0. The van der Waals surface area contributed by atoms with Crippen molar-refractivity contribution in [2.24, 2.45) is 0 Å². The van der Waals surface area contributed by atoms with Gasteiger partial charge in [-0.2, -0.15) is 0 Å². The van der Waals surface area contributed by atoms with Gasteiger partial charge in [-0.1, -0.05) is 29.3 Å². The SMILES string of the molecule is CNC[C@@]1(F)CCCC[C@]1(O)c1ccc(Cl)c(Cl)c1. The number of alkyl halides is 1. The zero-order valence-corrected chi connectivity index (χ0v) is 12.4. The van der Waals surface area contributed by atoms with E-state index in [0.717, 1.165) is 12.8 Å². The fourth-order valence-corrected chi connectivity index (χ4v) is 3.19. The number of halogens is 3. The average Bonchev–Trinajstić information content (AvgIpc) is 2.37. The lowest BCUT2D eigenvalue weighted by atomic mass is 9.69. The standard InChI is InChI=1S/C14H18Cl2FNO/c1-18-9-13(17)6-2-3-7-14(13,19)10-4-5-11(15)12(16)8-10/h4-5,8,18-19H,2-3,6-7,9H2,1H3/t13-,14-/m0/s1. The fraction of sp³-hybridized carbons (Fsp3) is 0.571. The predicted molar refractivity (Wildman–Crippen MR) is 76.6 cm³/mol. The van der Waals surface area contributed by atoms with E-state index in [1.807, 2.05) is 0 Å². The van der Waals surface area contributed by atoms with Crippen molar-refractivity contribution in [3.8, 4) is 0 Å². The Kier molecular flexibility index (Phi) is 4.41. The van der Waals surface area contributed by atoms with Crippen LogP contribution in [0.25, 0.3) is 0 Å². The van der Waals surface area contributed by atoms with E-state index in [4.69, 9.17) is 23.2 Å². The van der Waals surface area contributed by atoms with Crippen molar-refractivity contribution in [1.29, 1.82) is 0 Å². The second-order valence-electron chi connectivity index (χ2n) is 5.19. The Bertz CT molecular complexity index is 467. The minimum absolute atomic E-state index is 0.115. The summed E-state index contributed by atoms with van der Waals surface area (Å²) in [4.78, 5) is 0. The lowest BCUT2D eigenvalue weighted by Crippen LogP contribution is -2.55. The molecule has 1 fully saturated rings. The summed E-state index contributed by atoms with van der Waals surface area (Å²) in [7, 11) is 1.69. The number of nitrogens with one attached hydrogen (secondary N) is 1. The van der Waals surface area contributed by atoms with E-state index >= 15 is 4.39 Å². The molecule has 0 aliphatic heterocycles. The van der Waals surface area contributed by atoms with Crippen LogP contribution in [0.2, 0.25) is 10.0 Å². The average molecular weight is 306 g/mol. The van der Waals surface area contributed by atoms with Gasteiger partial charge >= 0.3 is 0 Å². The van der Waals surface area contributed by atoms with Crippen LogP contribution in [0.4, 0.5) is 4.39 Å². The molecule has 2 nitrogen and oxygen atoms in total. The van der Waals surface area contributed by atoms with Crippen LogP contribution in [-0.2, 0) is 5.60 Å². The largest absolute Gasteiger partial charge is 0.382 e. The van der Waals surface area contributed by atoms with Crippen molar-refractivity contribution in [3.63, 3.8) is 0 Å². The van der Waals surface area contributed by atoms with Gasteiger partial charge in [0.05, 0.1) is 10.0 Å². The summed E-state index contributed by atoms with van der Waals surface area (Å²) < 4.78 is 15.2. The first-order chi connectivity index (χ1) is 8.93. The van der Waals surface area contributed by atoms with Crippen LogP contribution in [0.1, 0.15) is 31.2 Å². The number of aliphatic hydroxyl groups is 1. The maximum absolute atomic E-state index is 15.2. The highest BCUT2D eigenvalue weighted by atomic mass is 35.5. The molecule has 0 unspecified atom stereocenters. The quantitative estimate of drug-likeness (QED) is 0.893. The molecule has 2 rings (SSSR count). The Morgan fingerprint density at radius 3 is 2.58 bits per heavy atom. The molecule has 1 aliphatic carbocycles. The Balaban J connectivity index is 2.44. The third-order valence-corrected chi connectivity index (χ3v) is 4.70. The Hall–Kier alpha value is -0.350. The molecule has 2 N–H and O–H groups in total. The molecule has 106 valence electrons. The summed E-state index contributed by atoms with van der Waals surface area (Å²) in [5.41, 5.74) is -2.70. The normalized spacial score (nSPS) is 31.4. The van der Waals surface area contributed by atoms with Crippen molar-refractivity contribution in [3.05, 3.63) is 33.8 Å². The third kappa shape index (κ3) is 2.62. The molecule has 1 aromatic rings. The molecule has 1 saturated carbocycles. The molecular weight excluding hydrogens is 288 g/mol. The smallest absolute Gasteiger partial charge is 0.155 e. The minimum Gasteiger partial charge on any atom is -0.382 e. The molecule has 5 heteroatoms. The molecule has 0 aromatic heterocycles. The van der Waals surface area contributed by atoms with Crippen LogP contribution in [0.15, 0.2) is 18.2 Å². The lowest BCUT2D eigenvalue weighted by molar-refractivity contribution is -0.135. The van der Waals surface area contributed by atoms with E-state index in [2.05, 4.69) is 5.32 Å². The van der Waals surface area contributed by atoms with Crippen molar-refractivity contribution in [2.45, 2.75) is 37.0 Å². The summed E-state index contributed by atoms with van der Waals surface area (Å²) in [6.45, 7) is 0.115. The van der Waals surface area contributed by atoms with E-state index in [-0.39, 0.29) is 6.54 Å². The molecule has 19 heavy (non-hydrogen) atoms. The van der Waals surface area contributed by atoms with E-state index in [9.17, 15) is 5.11 Å². The van der Waals surface area contributed by atoms with Crippen molar-refractivity contribution in [1.82, 2.24) is 5.32 Å². The number of rotatable bonds is 3. The van der Waals surface area contributed by atoms with Crippen LogP contribution < -0.4 is 5.32 Å². The van der Waals surface area contributed by atoms with Gasteiger partial charge in [0.2, 0.25) is 0 Å². The van der Waals surface area contributed by atoms with Gasteiger partial charge in [-0.15, -0.1) is 0 Å². The first-order valence-corrected chi connectivity index (χ1v) is 7.20. The summed E-state index contributed by atoms with van der Waals surface area (Å²) in [6.07, 6.45) is 2.31. The number of hydrogen-bond donors (Lipinski definition) is 2. The van der Waals surface area contributed by atoms with Crippen LogP contribution in [0.3, 0.4) is 0 Å². The highest BCUT2D eigenvalue weighted by Gasteiger charge is 2.53. The predicted octanol–water partition coefficient (Wildman–Crippen LogP) is 3.68. The van der Waals surface area contributed by atoms with Gasteiger partial charge < -0.3 is 10.4 Å². The molecule has 2 atom stereocenters. The maximum Gasteiger partial charge on any atom is 0.155 e. The maximum atomic E-state index is 15.2. The zero-order valence-electron chi connectivity index (χ0n) is 10.8.